The van der Waals surface area contributed by atoms with Crippen LogP contribution in [0.4, 0.5) is 0 Å². The van der Waals surface area contributed by atoms with Crippen molar-refractivity contribution in [1.82, 2.24) is 9.80 Å². The smallest absolute Gasteiger partial charge is 0.254 e. The van der Waals surface area contributed by atoms with E-state index in [0.717, 1.165) is 8.45 Å². The largest absolute Gasteiger partial charge is 0.375 e. The molecule has 1 fully saturated rings. The molecule has 1 aliphatic rings. The molecule has 0 aliphatic carbocycles. The summed E-state index contributed by atoms with van der Waals surface area (Å²) < 4.78 is 5.94. The minimum absolute atomic E-state index is 0.0142. The Morgan fingerprint density at radius 2 is 1.95 bits per heavy atom. The van der Waals surface area contributed by atoms with Crippen LogP contribution in [0.15, 0.2) is 11.4 Å². The van der Waals surface area contributed by atoms with Crippen molar-refractivity contribution in [2.24, 2.45) is 0 Å². The molecule has 0 bridgehead atoms. The SMILES string of the molecule is COCC(=O)N1CCN(C(=O)c2csc(I)c2)CC1. The number of nitrogens with zero attached hydrogens (tertiary/aromatic N) is 2. The Balaban J connectivity index is 1.89. The van der Waals surface area contributed by atoms with E-state index in [4.69, 9.17) is 4.74 Å². The van der Waals surface area contributed by atoms with Crippen molar-refractivity contribution in [1.29, 1.82) is 0 Å². The molecule has 0 radical (unpaired) electrons. The summed E-state index contributed by atoms with van der Waals surface area (Å²) in [6.07, 6.45) is 0. The quantitative estimate of drug-likeness (QED) is 0.726. The van der Waals surface area contributed by atoms with Gasteiger partial charge in [-0.25, -0.2) is 0 Å². The number of hydrogen-bond donors (Lipinski definition) is 0. The van der Waals surface area contributed by atoms with E-state index in [2.05, 4.69) is 22.6 Å². The van der Waals surface area contributed by atoms with Gasteiger partial charge in [0, 0.05) is 38.7 Å². The lowest BCUT2D eigenvalue weighted by molar-refractivity contribution is -0.136. The van der Waals surface area contributed by atoms with Gasteiger partial charge < -0.3 is 14.5 Å². The van der Waals surface area contributed by atoms with Crippen LogP contribution in [0.5, 0.6) is 0 Å². The zero-order chi connectivity index (χ0) is 13.8. The summed E-state index contributed by atoms with van der Waals surface area (Å²) in [4.78, 5) is 27.4. The molecule has 2 heterocycles. The zero-order valence-electron chi connectivity index (χ0n) is 10.6. The van der Waals surface area contributed by atoms with Crippen molar-refractivity contribution in [3.8, 4) is 0 Å². The molecule has 1 saturated heterocycles. The number of amides is 2. The number of ether oxygens (including phenoxy) is 1. The summed E-state index contributed by atoms with van der Waals surface area (Å²) in [6.45, 7) is 2.43. The lowest BCUT2D eigenvalue weighted by atomic mass is 10.2. The van der Waals surface area contributed by atoms with Crippen LogP contribution >= 0.6 is 33.9 Å². The highest BCUT2D eigenvalue weighted by molar-refractivity contribution is 14.1. The van der Waals surface area contributed by atoms with Gasteiger partial charge in [-0.1, -0.05) is 0 Å². The highest BCUT2D eigenvalue weighted by Crippen LogP contribution is 2.18. The van der Waals surface area contributed by atoms with Gasteiger partial charge >= 0.3 is 0 Å². The number of halogens is 1. The molecule has 2 rings (SSSR count). The summed E-state index contributed by atoms with van der Waals surface area (Å²) >= 11 is 3.77. The first-order valence-corrected chi connectivity index (χ1v) is 7.87. The van der Waals surface area contributed by atoms with Crippen molar-refractivity contribution < 1.29 is 14.3 Å². The molecule has 104 valence electrons. The second-order valence-corrected chi connectivity index (χ2v) is 7.05. The van der Waals surface area contributed by atoms with E-state index in [1.807, 2.05) is 11.4 Å². The second kappa shape index (κ2) is 6.67. The van der Waals surface area contributed by atoms with Gasteiger partial charge in [0.05, 0.1) is 8.45 Å². The number of carbonyl (C=O) groups excluding carboxylic acids is 2. The molecule has 19 heavy (non-hydrogen) atoms. The van der Waals surface area contributed by atoms with Crippen LogP contribution in [0.3, 0.4) is 0 Å². The van der Waals surface area contributed by atoms with Gasteiger partial charge in [0.15, 0.2) is 0 Å². The molecule has 1 aromatic heterocycles. The standard InChI is InChI=1S/C12H15IN2O3S/c1-18-7-11(16)14-2-4-15(5-3-14)12(17)9-6-10(13)19-8-9/h6,8H,2-5,7H2,1H3. The monoisotopic (exact) mass is 394 g/mol. The maximum absolute atomic E-state index is 12.2. The average Bonchev–Trinajstić information content (AvgIpc) is 2.85. The Kier molecular flexibility index (Phi) is 5.17. The number of thiophene rings is 1. The maximum atomic E-state index is 12.2. The van der Waals surface area contributed by atoms with E-state index < -0.39 is 0 Å². The Bertz CT molecular complexity index is 469. The predicted octanol–water partition coefficient (Wildman–Crippen LogP) is 1.28. The van der Waals surface area contributed by atoms with Crippen LogP contribution in [0.2, 0.25) is 0 Å². The summed E-state index contributed by atoms with van der Waals surface area (Å²) in [7, 11) is 1.51. The zero-order valence-corrected chi connectivity index (χ0v) is 13.6. The summed E-state index contributed by atoms with van der Waals surface area (Å²) in [5, 5.41) is 1.88. The van der Waals surface area contributed by atoms with E-state index in [9.17, 15) is 9.59 Å². The molecule has 0 atom stereocenters. The van der Waals surface area contributed by atoms with Crippen molar-refractivity contribution in [3.05, 3.63) is 19.9 Å². The maximum Gasteiger partial charge on any atom is 0.254 e. The molecule has 1 aliphatic heterocycles. The predicted molar refractivity (Wildman–Crippen MR) is 81.4 cm³/mol. The second-order valence-electron chi connectivity index (χ2n) is 4.25. The van der Waals surface area contributed by atoms with Crippen LogP contribution in [0, 0.1) is 2.88 Å². The van der Waals surface area contributed by atoms with Crippen LogP contribution in [-0.4, -0.2) is 61.5 Å². The number of hydrogen-bond acceptors (Lipinski definition) is 4. The van der Waals surface area contributed by atoms with Gasteiger partial charge in [0.2, 0.25) is 5.91 Å². The summed E-state index contributed by atoms with van der Waals surface area (Å²) in [5.41, 5.74) is 0.742. The highest BCUT2D eigenvalue weighted by Gasteiger charge is 2.25. The van der Waals surface area contributed by atoms with Crippen molar-refractivity contribution in [2.75, 3.05) is 39.9 Å². The fraction of sp³-hybridized carbons (Fsp3) is 0.500. The molecule has 0 saturated carbocycles. The number of piperazine rings is 1. The number of carbonyl (C=O) groups is 2. The van der Waals surface area contributed by atoms with Gasteiger partial charge in [0.1, 0.15) is 6.61 Å². The van der Waals surface area contributed by atoms with Crippen LogP contribution in [0.1, 0.15) is 10.4 Å². The topological polar surface area (TPSA) is 49.9 Å². The number of methoxy groups -OCH3 is 1. The molecular formula is C12H15IN2O3S. The summed E-state index contributed by atoms with van der Waals surface area (Å²) in [6, 6.07) is 1.90. The van der Waals surface area contributed by atoms with Crippen LogP contribution in [-0.2, 0) is 9.53 Å². The summed E-state index contributed by atoms with van der Waals surface area (Å²) in [5.74, 6) is 0.0395. The lowest BCUT2D eigenvalue weighted by Gasteiger charge is -2.34. The van der Waals surface area contributed by atoms with E-state index >= 15 is 0 Å². The van der Waals surface area contributed by atoms with Crippen LogP contribution < -0.4 is 0 Å². The van der Waals surface area contributed by atoms with E-state index in [1.54, 1.807) is 21.1 Å². The fourth-order valence-corrected chi connectivity index (χ4v) is 3.30. The first-order valence-electron chi connectivity index (χ1n) is 5.92. The first kappa shape index (κ1) is 14.7. The van der Waals surface area contributed by atoms with Crippen molar-refractivity contribution in [2.45, 2.75) is 0 Å². The van der Waals surface area contributed by atoms with Gasteiger partial charge in [-0.2, -0.15) is 0 Å². The van der Waals surface area contributed by atoms with Crippen molar-refractivity contribution >= 4 is 45.7 Å². The van der Waals surface area contributed by atoms with E-state index in [-0.39, 0.29) is 18.4 Å². The van der Waals surface area contributed by atoms with Gasteiger partial charge in [-0.15, -0.1) is 11.3 Å². The Morgan fingerprint density at radius 3 is 2.47 bits per heavy atom. The molecule has 0 N–H and O–H groups in total. The molecular weight excluding hydrogens is 379 g/mol. The molecule has 1 aromatic rings. The minimum Gasteiger partial charge on any atom is -0.375 e. The first-order chi connectivity index (χ1) is 9.11. The molecule has 5 nitrogen and oxygen atoms in total. The molecule has 0 spiro atoms. The van der Waals surface area contributed by atoms with Crippen molar-refractivity contribution in [3.63, 3.8) is 0 Å². The van der Waals surface area contributed by atoms with Crippen LogP contribution in [0.25, 0.3) is 0 Å². The average molecular weight is 394 g/mol. The number of rotatable bonds is 3. The molecule has 7 heteroatoms. The van der Waals surface area contributed by atoms with Gasteiger partial charge in [0.25, 0.3) is 5.91 Å². The normalized spacial score (nSPS) is 15.7. The highest BCUT2D eigenvalue weighted by atomic mass is 127. The molecule has 0 aromatic carbocycles. The fourth-order valence-electron chi connectivity index (χ4n) is 1.98. The Labute approximate surface area is 129 Å². The van der Waals surface area contributed by atoms with Gasteiger partial charge in [-0.3, -0.25) is 9.59 Å². The Hall–Kier alpha value is -0.670. The molecule has 0 unspecified atom stereocenters. The lowest BCUT2D eigenvalue weighted by Crippen LogP contribution is -2.51. The third-order valence-corrected chi connectivity index (χ3v) is 4.79. The third kappa shape index (κ3) is 3.67. The molecule has 2 amide bonds. The van der Waals surface area contributed by atoms with Gasteiger partial charge in [-0.05, 0) is 28.7 Å². The van der Waals surface area contributed by atoms with E-state index in [1.165, 1.54) is 7.11 Å². The minimum atomic E-state index is -0.0142. The Morgan fingerprint density at radius 1 is 1.32 bits per heavy atom. The van der Waals surface area contributed by atoms with E-state index in [0.29, 0.717) is 26.2 Å². The third-order valence-electron chi connectivity index (χ3n) is 3.00.